The standard InChI is InChI=1S/C17H21N7O3S2/c1-4-13-20-22-16(29-13)19-12(25)9-28-17-23-21-14(24(17)5-2)10(3)18-15(26)11-7-6-8-27-11/h6-8,10H,4-5,9H2,1-3H3,(H,18,26)(H,19,22,25)/t10-/m0/s1. The number of nitrogens with zero attached hydrogens (tertiary/aromatic N) is 5. The molecular weight excluding hydrogens is 414 g/mol. The molecule has 0 saturated heterocycles. The first kappa shape index (κ1) is 21.0. The van der Waals surface area contributed by atoms with Gasteiger partial charge in [-0.1, -0.05) is 30.0 Å². The van der Waals surface area contributed by atoms with E-state index in [9.17, 15) is 9.59 Å². The van der Waals surface area contributed by atoms with Gasteiger partial charge in [0.15, 0.2) is 16.7 Å². The number of hydrogen-bond acceptors (Lipinski definition) is 9. The highest BCUT2D eigenvalue weighted by molar-refractivity contribution is 7.99. The molecule has 2 amide bonds. The van der Waals surface area contributed by atoms with E-state index in [0.717, 1.165) is 11.4 Å². The zero-order valence-electron chi connectivity index (χ0n) is 16.2. The summed E-state index contributed by atoms with van der Waals surface area (Å²) in [6.07, 6.45) is 2.22. The molecule has 12 heteroatoms. The van der Waals surface area contributed by atoms with E-state index >= 15 is 0 Å². The van der Waals surface area contributed by atoms with Gasteiger partial charge in [-0.2, -0.15) is 0 Å². The van der Waals surface area contributed by atoms with Crippen LogP contribution in [0.5, 0.6) is 0 Å². The molecule has 0 bridgehead atoms. The molecule has 3 aromatic heterocycles. The number of carbonyl (C=O) groups is 2. The lowest BCUT2D eigenvalue weighted by atomic mass is 10.3. The molecule has 154 valence electrons. The summed E-state index contributed by atoms with van der Waals surface area (Å²) in [5.74, 6) is 0.470. The van der Waals surface area contributed by atoms with Crippen LogP contribution in [0.2, 0.25) is 0 Å². The average molecular weight is 436 g/mol. The Morgan fingerprint density at radius 2 is 2.10 bits per heavy atom. The maximum atomic E-state index is 12.2. The largest absolute Gasteiger partial charge is 0.459 e. The molecule has 29 heavy (non-hydrogen) atoms. The van der Waals surface area contributed by atoms with E-state index in [4.69, 9.17) is 4.42 Å². The minimum absolute atomic E-state index is 0.159. The van der Waals surface area contributed by atoms with Crippen molar-refractivity contribution >= 4 is 40.0 Å². The third-order valence-electron chi connectivity index (χ3n) is 3.89. The number of anilines is 1. The van der Waals surface area contributed by atoms with Crippen molar-refractivity contribution in [3.8, 4) is 0 Å². The van der Waals surface area contributed by atoms with Crippen LogP contribution in [-0.2, 0) is 17.8 Å². The molecule has 3 aromatic rings. The van der Waals surface area contributed by atoms with Crippen molar-refractivity contribution in [2.75, 3.05) is 11.1 Å². The molecule has 0 aromatic carbocycles. The van der Waals surface area contributed by atoms with Crippen LogP contribution in [0.25, 0.3) is 0 Å². The van der Waals surface area contributed by atoms with Gasteiger partial charge in [0.1, 0.15) is 5.01 Å². The molecule has 3 heterocycles. The predicted molar refractivity (Wildman–Crippen MR) is 109 cm³/mol. The van der Waals surface area contributed by atoms with Crippen LogP contribution in [0.15, 0.2) is 28.0 Å². The van der Waals surface area contributed by atoms with Crippen molar-refractivity contribution in [3.63, 3.8) is 0 Å². The van der Waals surface area contributed by atoms with E-state index < -0.39 is 0 Å². The Bertz CT molecular complexity index is 968. The summed E-state index contributed by atoms with van der Waals surface area (Å²) in [7, 11) is 0. The maximum Gasteiger partial charge on any atom is 0.287 e. The Hall–Kier alpha value is -2.73. The number of furan rings is 1. The fourth-order valence-electron chi connectivity index (χ4n) is 2.50. The molecule has 0 radical (unpaired) electrons. The highest BCUT2D eigenvalue weighted by Crippen LogP contribution is 2.22. The first-order valence-electron chi connectivity index (χ1n) is 9.04. The van der Waals surface area contributed by atoms with E-state index in [0.29, 0.717) is 22.7 Å². The second-order valence-electron chi connectivity index (χ2n) is 5.95. The van der Waals surface area contributed by atoms with Gasteiger partial charge in [-0.3, -0.25) is 14.9 Å². The Balaban J connectivity index is 1.59. The van der Waals surface area contributed by atoms with E-state index in [-0.39, 0.29) is 29.4 Å². The third-order valence-corrected chi connectivity index (χ3v) is 5.84. The first-order chi connectivity index (χ1) is 14.0. The summed E-state index contributed by atoms with van der Waals surface area (Å²) in [5.41, 5.74) is 0. The lowest BCUT2D eigenvalue weighted by Crippen LogP contribution is -2.28. The van der Waals surface area contributed by atoms with Crippen molar-refractivity contribution in [1.29, 1.82) is 0 Å². The minimum atomic E-state index is -0.378. The summed E-state index contributed by atoms with van der Waals surface area (Å²) in [4.78, 5) is 24.4. The Kier molecular flexibility index (Phi) is 6.99. The van der Waals surface area contributed by atoms with Gasteiger partial charge in [-0.05, 0) is 32.4 Å². The van der Waals surface area contributed by atoms with Gasteiger partial charge in [0.05, 0.1) is 18.1 Å². The average Bonchev–Trinajstić information content (AvgIpc) is 3.45. The molecule has 2 N–H and O–H groups in total. The van der Waals surface area contributed by atoms with Crippen LogP contribution in [0, 0.1) is 0 Å². The van der Waals surface area contributed by atoms with Crippen molar-refractivity contribution in [1.82, 2.24) is 30.3 Å². The van der Waals surface area contributed by atoms with Gasteiger partial charge >= 0.3 is 0 Å². The summed E-state index contributed by atoms with van der Waals surface area (Å²) in [6.45, 7) is 6.35. The van der Waals surface area contributed by atoms with Gasteiger partial charge < -0.3 is 14.3 Å². The Morgan fingerprint density at radius 3 is 2.76 bits per heavy atom. The normalized spacial score (nSPS) is 12.0. The summed E-state index contributed by atoms with van der Waals surface area (Å²) in [5, 5.41) is 23.8. The van der Waals surface area contributed by atoms with Crippen LogP contribution >= 0.6 is 23.1 Å². The fourth-order valence-corrected chi connectivity index (χ4v) is 4.00. The SMILES string of the molecule is CCc1nnc(NC(=O)CSc2nnc([C@H](C)NC(=O)c3ccco3)n2CC)s1. The number of nitrogens with one attached hydrogen (secondary N) is 2. The zero-order valence-corrected chi connectivity index (χ0v) is 17.8. The molecule has 1 atom stereocenters. The van der Waals surface area contributed by atoms with Crippen LogP contribution in [0.3, 0.4) is 0 Å². The molecule has 0 spiro atoms. The second-order valence-corrected chi connectivity index (χ2v) is 7.95. The smallest absolute Gasteiger partial charge is 0.287 e. The molecule has 0 aliphatic rings. The number of aromatic nitrogens is 5. The molecule has 3 rings (SSSR count). The third kappa shape index (κ3) is 5.21. The second kappa shape index (κ2) is 9.65. The van der Waals surface area contributed by atoms with Gasteiger partial charge in [0.25, 0.3) is 5.91 Å². The summed E-state index contributed by atoms with van der Waals surface area (Å²) < 4.78 is 6.97. The van der Waals surface area contributed by atoms with Crippen molar-refractivity contribution in [2.45, 2.75) is 44.9 Å². The lowest BCUT2D eigenvalue weighted by Gasteiger charge is -2.14. The molecule has 0 aliphatic heterocycles. The van der Waals surface area contributed by atoms with Crippen molar-refractivity contribution in [2.24, 2.45) is 0 Å². The number of carbonyl (C=O) groups excluding carboxylic acids is 2. The monoisotopic (exact) mass is 435 g/mol. The molecule has 10 nitrogen and oxygen atoms in total. The quantitative estimate of drug-likeness (QED) is 0.491. The highest BCUT2D eigenvalue weighted by atomic mass is 32.2. The van der Waals surface area contributed by atoms with E-state index in [1.165, 1.54) is 29.4 Å². The van der Waals surface area contributed by atoms with E-state index in [1.54, 1.807) is 12.1 Å². The number of thioether (sulfide) groups is 1. The zero-order chi connectivity index (χ0) is 20.8. The number of aryl methyl sites for hydroxylation is 1. The number of hydrogen-bond donors (Lipinski definition) is 2. The Morgan fingerprint density at radius 1 is 1.28 bits per heavy atom. The van der Waals surface area contributed by atoms with Gasteiger partial charge in [0.2, 0.25) is 11.0 Å². The molecular formula is C17H21N7O3S2. The summed E-state index contributed by atoms with van der Waals surface area (Å²) in [6, 6.07) is 2.87. The summed E-state index contributed by atoms with van der Waals surface area (Å²) >= 11 is 2.63. The van der Waals surface area contributed by atoms with E-state index in [1.807, 2.05) is 25.3 Å². The Labute approximate surface area is 175 Å². The lowest BCUT2D eigenvalue weighted by molar-refractivity contribution is -0.113. The predicted octanol–water partition coefficient (Wildman–Crippen LogP) is 2.53. The van der Waals surface area contributed by atoms with Crippen LogP contribution in [-0.4, -0.2) is 42.5 Å². The molecule has 0 fully saturated rings. The van der Waals surface area contributed by atoms with Gasteiger partial charge in [-0.25, -0.2) is 0 Å². The van der Waals surface area contributed by atoms with Gasteiger partial charge in [0, 0.05) is 6.54 Å². The highest BCUT2D eigenvalue weighted by Gasteiger charge is 2.21. The molecule has 0 aliphatic carbocycles. The van der Waals surface area contributed by atoms with Crippen LogP contribution < -0.4 is 10.6 Å². The molecule has 0 unspecified atom stereocenters. The fraction of sp³-hybridized carbons (Fsp3) is 0.412. The van der Waals surface area contributed by atoms with Gasteiger partial charge in [-0.15, -0.1) is 20.4 Å². The maximum absolute atomic E-state index is 12.2. The number of rotatable bonds is 9. The molecule has 0 saturated carbocycles. The van der Waals surface area contributed by atoms with Crippen molar-refractivity contribution in [3.05, 3.63) is 35.0 Å². The first-order valence-corrected chi connectivity index (χ1v) is 10.8. The minimum Gasteiger partial charge on any atom is -0.459 e. The van der Waals surface area contributed by atoms with Crippen LogP contribution in [0.1, 0.15) is 48.2 Å². The number of amides is 2. The topological polar surface area (TPSA) is 128 Å². The van der Waals surface area contributed by atoms with E-state index in [2.05, 4.69) is 31.0 Å². The van der Waals surface area contributed by atoms with Crippen molar-refractivity contribution < 1.29 is 14.0 Å². The van der Waals surface area contributed by atoms with Crippen LogP contribution in [0.4, 0.5) is 5.13 Å².